The molecule has 1 amide bonds. The van der Waals surface area contributed by atoms with Crippen LogP contribution in [0.4, 0.5) is 11.4 Å². The Morgan fingerprint density at radius 2 is 1.66 bits per heavy atom. The molecule has 0 unspecified atom stereocenters. The van der Waals surface area contributed by atoms with Gasteiger partial charge in [-0.1, -0.05) is 23.2 Å². The quantitative estimate of drug-likeness (QED) is 0.706. The third-order valence-electron chi connectivity index (χ3n) is 4.82. The normalized spacial score (nSPS) is 14.8. The van der Waals surface area contributed by atoms with Crippen molar-refractivity contribution in [3.8, 4) is 0 Å². The van der Waals surface area contributed by atoms with Gasteiger partial charge in [-0.15, -0.1) is 0 Å². The summed E-state index contributed by atoms with van der Waals surface area (Å²) >= 11 is 11.9. The number of carbonyl (C=O) groups is 1. The highest BCUT2D eigenvalue weighted by Gasteiger charge is 2.24. The summed E-state index contributed by atoms with van der Waals surface area (Å²) in [5, 5.41) is 3.76. The Kier molecular flexibility index (Phi) is 7.05. The number of likely N-dealkylation sites (N-methyl/N-ethyl adjacent to an activating group) is 1. The molecule has 156 valence electrons. The fourth-order valence-corrected chi connectivity index (χ4v) is 4.71. The highest BCUT2D eigenvalue weighted by atomic mass is 35.5. The SMILES string of the molecule is CN(CC(=O)Nc1cc(Cl)ccc1N1CCCCC1)S(=O)(=O)c1ccc(Cl)cc1. The molecule has 9 heteroatoms. The Balaban J connectivity index is 1.73. The van der Waals surface area contributed by atoms with Crippen molar-refractivity contribution in [1.82, 2.24) is 4.31 Å². The number of hydrogen-bond acceptors (Lipinski definition) is 4. The number of hydrogen-bond donors (Lipinski definition) is 1. The van der Waals surface area contributed by atoms with E-state index in [1.807, 2.05) is 6.07 Å². The van der Waals surface area contributed by atoms with Gasteiger partial charge in [0.25, 0.3) is 0 Å². The molecule has 0 atom stereocenters. The van der Waals surface area contributed by atoms with Crippen molar-refractivity contribution in [2.75, 3.05) is 36.9 Å². The minimum atomic E-state index is -3.80. The van der Waals surface area contributed by atoms with E-state index < -0.39 is 15.9 Å². The number of sulfonamides is 1. The molecule has 2 aromatic carbocycles. The minimum absolute atomic E-state index is 0.0777. The van der Waals surface area contributed by atoms with E-state index in [1.165, 1.54) is 37.7 Å². The summed E-state index contributed by atoms with van der Waals surface area (Å²) in [5.74, 6) is -0.439. The number of rotatable bonds is 6. The molecule has 0 aliphatic carbocycles. The fourth-order valence-electron chi connectivity index (χ4n) is 3.28. The molecule has 3 rings (SSSR count). The van der Waals surface area contributed by atoms with Crippen LogP contribution in [0.2, 0.25) is 10.0 Å². The van der Waals surface area contributed by atoms with Gasteiger partial charge in [-0.3, -0.25) is 4.79 Å². The molecule has 0 saturated carbocycles. The lowest BCUT2D eigenvalue weighted by Gasteiger charge is -2.30. The fraction of sp³-hybridized carbons (Fsp3) is 0.350. The van der Waals surface area contributed by atoms with Crippen LogP contribution in [0.3, 0.4) is 0 Å². The number of halogens is 2. The molecule has 1 saturated heterocycles. The van der Waals surface area contributed by atoms with Crippen molar-refractivity contribution in [3.05, 3.63) is 52.5 Å². The summed E-state index contributed by atoms with van der Waals surface area (Å²) in [6.45, 7) is 1.50. The topological polar surface area (TPSA) is 69.7 Å². The average Bonchev–Trinajstić information content (AvgIpc) is 2.69. The van der Waals surface area contributed by atoms with Crippen LogP contribution >= 0.6 is 23.2 Å². The van der Waals surface area contributed by atoms with Crippen LogP contribution in [-0.4, -0.2) is 45.3 Å². The number of amides is 1. The van der Waals surface area contributed by atoms with Crippen LogP contribution in [-0.2, 0) is 14.8 Å². The Morgan fingerprint density at radius 3 is 2.31 bits per heavy atom. The first-order chi connectivity index (χ1) is 13.8. The van der Waals surface area contributed by atoms with E-state index in [1.54, 1.807) is 12.1 Å². The second-order valence-electron chi connectivity index (χ2n) is 6.97. The summed E-state index contributed by atoms with van der Waals surface area (Å²) < 4.78 is 26.4. The van der Waals surface area contributed by atoms with Crippen molar-refractivity contribution >= 4 is 50.5 Å². The molecule has 2 aromatic rings. The lowest BCUT2D eigenvalue weighted by atomic mass is 10.1. The Bertz CT molecular complexity index is 975. The van der Waals surface area contributed by atoms with Crippen molar-refractivity contribution in [3.63, 3.8) is 0 Å². The molecule has 1 heterocycles. The molecule has 1 fully saturated rings. The highest BCUT2D eigenvalue weighted by molar-refractivity contribution is 7.89. The molecule has 1 N–H and O–H groups in total. The van der Waals surface area contributed by atoms with Gasteiger partial charge in [0.1, 0.15) is 0 Å². The standard InChI is InChI=1S/C20H23Cl2N3O3S/c1-24(29(27,28)17-8-5-15(21)6-9-17)14-20(26)23-18-13-16(22)7-10-19(18)25-11-3-2-4-12-25/h5-10,13H,2-4,11-12,14H2,1H3,(H,23,26). The zero-order valence-electron chi connectivity index (χ0n) is 16.1. The van der Waals surface area contributed by atoms with Gasteiger partial charge in [-0.2, -0.15) is 4.31 Å². The Morgan fingerprint density at radius 1 is 1.03 bits per heavy atom. The van der Waals surface area contributed by atoms with Gasteiger partial charge in [0.05, 0.1) is 22.8 Å². The lowest BCUT2D eigenvalue weighted by molar-refractivity contribution is -0.116. The monoisotopic (exact) mass is 455 g/mol. The van der Waals surface area contributed by atoms with Crippen LogP contribution in [0.1, 0.15) is 19.3 Å². The first kappa shape index (κ1) is 21.9. The highest BCUT2D eigenvalue weighted by Crippen LogP contribution is 2.31. The third-order valence-corrected chi connectivity index (χ3v) is 7.12. The summed E-state index contributed by atoms with van der Waals surface area (Å²) in [5.41, 5.74) is 1.48. The van der Waals surface area contributed by atoms with E-state index >= 15 is 0 Å². The number of benzene rings is 2. The number of piperidine rings is 1. The van der Waals surface area contributed by atoms with E-state index in [4.69, 9.17) is 23.2 Å². The maximum atomic E-state index is 12.7. The maximum Gasteiger partial charge on any atom is 0.243 e. The van der Waals surface area contributed by atoms with Crippen LogP contribution in [0.5, 0.6) is 0 Å². The number of nitrogens with zero attached hydrogens (tertiary/aromatic N) is 2. The molecular weight excluding hydrogens is 433 g/mol. The largest absolute Gasteiger partial charge is 0.370 e. The second kappa shape index (κ2) is 9.34. The van der Waals surface area contributed by atoms with Crippen LogP contribution in [0.25, 0.3) is 0 Å². The van der Waals surface area contributed by atoms with E-state index in [2.05, 4.69) is 10.2 Å². The smallest absolute Gasteiger partial charge is 0.243 e. The molecule has 1 aliphatic heterocycles. The molecule has 0 spiro atoms. The van der Waals surface area contributed by atoms with Crippen molar-refractivity contribution < 1.29 is 13.2 Å². The van der Waals surface area contributed by atoms with E-state index in [-0.39, 0.29) is 11.4 Å². The molecular formula is C20H23Cl2N3O3S. The average molecular weight is 456 g/mol. The predicted molar refractivity (Wildman–Crippen MR) is 117 cm³/mol. The van der Waals surface area contributed by atoms with Crippen LogP contribution in [0, 0.1) is 0 Å². The van der Waals surface area contributed by atoms with Gasteiger partial charge in [-0.25, -0.2) is 8.42 Å². The van der Waals surface area contributed by atoms with Gasteiger partial charge in [-0.05, 0) is 61.7 Å². The third kappa shape index (κ3) is 5.42. The Labute approximate surface area is 181 Å². The number of anilines is 2. The minimum Gasteiger partial charge on any atom is -0.370 e. The molecule has 0 radical (unpaired) electrons. The zero-order chi connectivity index (χ0) is 21.0. The molecule has 1 aliphatic rings. The summed E-state index contributed by atoms with van der Waals surface area (Å²) in [7, 11) is -2.44. The molecule has 6 nitrogen and oxygen atoms in total. The summed E-state index contributed by atoms with van der Waals surface area (Å²) in [6, 6.07) is 11.2. The van der Waals surface area contributed by atoms with Crippen LogP contribution < -0.4 is 10.2 Å². The lowest BCUT2D eigenvalue weighted by Crippen LogP contribution is -2.35. The van der Waals surface area contributed by atoms with Crippen molar-refractivity contribution in [1.29, 1.82) is 0 Å². The Hall–Kier alpha value is -1.80. The van der Waals surface area contributed by atoms with Gasteiger partial charge in [0.15, 0.2) is 0 Å². The van der Waals surface area contributed by atoms with Crippen LogP contribution in [0.15, 0.2) is 47.4 Å². The molecule has 0 aromatic heterocycles. The van der Waals surface area contributed by atoms with E-state index in [0.29, 0.717) is 15.7 Å². The van der Waals surface area contributed by atoms with Crippen molar-refractivity contribution in [2.24, 2.45) is 0 Å². The predicted octanol–water partition coefficient (Wildman–Crippen LogP) is 4.24. The van der Waals surface area contributed by atoms with Crippen molar-refractivity contribution in [2.45, 2.75) is 24.2 Å². The first-order valence-corrected chi connectivity index (χ1v) is 11.5. The maximum absolute atomic E-state index is 12.7. The second-order valence-corrected chi connectivity index (χ2v) is 9.89. The summed E-state index contributed by atoms with van der Waals surface area (Å²) in [4.78, 5) is 14.9. The molecule has 29 heavy (non-hydrogen) atoms. The summed E-state index contributed by atoms with van der Waals surface area (Å²) in [6.07, 6.45) is 3.38. The molecule has 0 bridgehead atoms. The number of carbonyl (C=O) groups excluding carboxylic acids is 1. The van der Waals surface area contributed by atoms with Gasteiger partial charge in [0, 0.05) is 30.2 Å². The van der Waals surface area contributed by atoms with Gasteiger partial charge in [0.2, 0.25) is 15.9 Å². The van der Waals surface area contributed by atoms with E-state index in [0.717, 1.165) is 35.9 Å². The zero-order valence-corrected chi connectivity index (χ0v) is 18.4. The number of nitrogens with one attached hydrogen (secondary N) is 1. The van der Waals surface area contributed by atoms with E-state index in [9.17, 15) is 13.2 Å². The van der Waals surface area contributed by atoms with Gasteiger partial charge >= 0.3 is 0 Å². The first-order valence-electron chi connectivity index (χ1n) is 9.33. The van der Waals surface area contributed by atoms with Gasteiger partial charge < -0.3 is 10.2 Å².